The van der Waals surface area contributed by atoms with E-state index < -0.39 is 0 Å². The van der Waals surface area contributed by atoms with Gasteiger partial charge in [0, 0.05) is 63.3 Å². The summed E-state index contributed by atoms with van der Waals surface area (Å²) in [4.78, 5) is 4.76. The Morgan fingerprint density at radius 1 is 0.348 bits per heavy atom. The van der Waals surface area contributed by atoms with Gasteiger partial charge in [0.1, 0.15) is 6.07 Å². The van der Waals surface area contributed by atoms with Crippen molar-refractivity contribution in [2.45, 2.75) is 0 Å². The minimum absolute atomic E-state index is 0.374. The summed E-state index contributed by atoms with van der Waals surface area (Å²) >= 11 is 1.77. The Kier molecular flexibility index (Phi) is 7.70. The maximum atomic E-state index is 12.5. The fourth-order valence-electron chi connectivity index (χ4n) is 11.7. The van der Waals surface area contributed by atoms with Gasteiger partial charge in [0.15, 0.2) is 0 Å². The highest BCUT2D eigenvalue weighted by atomic mass is 32.1. The molecule has 5 aromatic heterocycles. The average Bonchev–Trinajstić information content (AvgIpc) is 4.21. The van der Waals surface area contributed by atoms with Gasteiger partial charge in [-0.1, -0.05) is 152 Å². The minimum Gasteiger partial charge on any atom is -0.317 e. The molecule has 0 N–H and O–H groups in total. The van der Waals surface area contributed by atoms with Gasteiger partial charge in [-0.2, -0.15) is 5.26 Å². The van der Waals surface area contributed by atoms with Crippen molar-refractivity contribution in [3.8, 4) is 28.8 Å². The summed E-state index contributed by atoms with van der Waals surface area (Å²) in [6.07, 6.45) is 0. The number of rotatable bonds is 4. The van der Waals surface area contributed by atoms with Crippen LogP contribution >= 0.6 is 11.3 Å². The molecular formula is C62H34N6S. The van der Waals surface area contributed by atoms with Crippen LogP contribution in [0.5, 0.6) is 0 Å². The van der Waals surface area contributed by atoms with Crippen LogP contribution in [0.25, 0.3) is 135 Å². The summed E-state index contributed by atoms with van der Waals surface area (Å²) in [5, 5.41) is 23.3. The van der Waals surface area contributed by atoms with Gasteiger partial charge in [-0.3, -0.25) is 0 Å². The van der Waals surface area contributed by atoms with Gasteiger partial charge in [0.05, 0.1) is 79.0 Å². The maximum Gasteiger partial charge on any atom is 0.237 e. The number of nitrogens with zero attached hydrogens (tertiary/aromatic N) is 6. The molecule has 0 radical (unpaired) electrons. The fourth-order valence-corrected chi connectivity index (χ4v) is 12.9. The van der Waals surface area contributed by atoms with Crippen molar-refractivity contribution in [3.63, 3.8) is 0 Å². The fraction of sp³-hybridized carbons (Fsp3) is 0. The first-order valence-corrected chi connectivity index (χ1v) is 23.9. The normalized spacial score (nSPS) is 12.0. The van der Waals surface area contributed by atoms with Crippen LogP contribution in [0, 0.1) is 17.9 Å². The van der Waals surface area contributed by atoms with Crippen molar-refractivity contribution in [1.82, 2.24) is 18.3 Å². The van der Waals surface area contributed by atoms with Gasteiger partial charge in [-0.15, -0.1) is 11.3 Å². The SMILES string of the molecule is [C-]#[N+]c1c(-n2c3ccccc3c3ccccc32)c(-n2c3ccccc3c3ccccc32)c(-n2c3ccccc3c3ccccc32)c(C#N)c1-n1c2ccccc2c2ccc3sc4ccccc4c3c21. The molecule has 0 amide bonds. The molecule has 69 heavy (non-hydrogen) atoms. The van der Waals surface area contributed by atoms with E-state index in [-0.39, 0.29) is 0 Å². The predicted molar refractivity (Wildman–Crippen MR) is 288 cm³/mol. The van der Waals surface area contributed by atoms with Crippen LogP contribution in [0.3, 0.4) is 0 Å². The Morgan fingerprint density at radius 3 is 1.14 bits per heavy atom. The Bertz CT molecular complexity index is 4510. The van der Waals surface area contributed by atoms with Crippen LogP contribution in [0.2, 0.25) is 0 Å². The number of benzene rings is 10. The zero-order valence-electron chi connectivity index (χ0n) is 36.7. The molecule has 0 saturated carbocycles. The largest absolute Gasteiger partial charge is 0.317 e. The third kappa shape index (κ3) is 4.91. The van der Waals surface area contributed by atoms with Crippen molar-refractivity contribution in [2.75, 3.05) is 0 Å². The molecule has 15 aromatic rings. The van der Waals surface area contributed by atoms with Crippen LogP contribution in [0.15, 0.2) is 206 Å². The molecule has 0 saturated heterocycles. The van der Waals surface area contributed by atoms with Crippen molar-refractivity contribution in [3.05, 3.63) is 223 Å². The molecule has 0 spiro atoms. The summed E-state index contributed by atoms with van der Waals surface area (Å²) < 4.78 is 11.5. The van der Waals surface area contributed by atoms with E-state index in [1.54, 1.807) is 11.3 Å². The van der Waals surface area contributed by atoms with Gasteiger partial charge in [0.25, 0.3) is 0 Å². The summed E-state index contributed by atoms with van der Waals surface area (Å²) in [5.74, 6) is 0. The molecule has 0 atom stereocenters. The number of thiophene rings is 1. The molecule has 0 aliphatic heterocycles. The topological polar surface area (TPSA) is 47.9 Å². The number of para-hydroxylation sites is 7. The van der Waals surface area contributed by atoms with E-state index >= 15 is 0 Å². The maximum absolute atomic E-state index is 12.5. The molecule has 0 aliphatic carbocycles. The monoisotopic (exact) mass is 894 g/mol. The lowest BCUT2D eigenvalue weighted by Crippen LogP contribution is -2.14. The average molecular weight is 895 g/mol. The number of nitriles is 1. The zero-order chi connectivity index (χ0) is 45.5. The highest BCUT2D eigenvalue weighted by Gasteiger charge is 2.35. The minimum atomic E-state index is 0.374. The summed E-state index contributed by atoms with van der Waals surface area (Å²) in [6, 6.07) is 75.5. The van der Waals surface area contributed by atoms with E-state index in [4.69, 9.17) is 4.85 Å². The second-order valence-corrected chi connectivity index (χ2v) is 18.8. The smallest absolute Gasteiger partial charge is 0.237 e. The number of aromatic nitrogens is 4. The third-order valence-corrected chi connectivity index (χ3v) is 15.5. The van der Waals surface area contributed by atoms with Gasteiger partial charge in [-0.25, -0.2) is 4.85 Å². The van der Waals surface area contributed by atoms with Crippen molar-refractivity contribution < 1.29 is 0 Å². The molecule has 10 aromatic carbocycles. The molecule has 0 bridgehead atoms. The first-order chi connectivity index (χ1) is 34.2. The van der Waals surface area contributed by atoms with E-state index in [0.29, 0.717) is 28.3 Å². The standard InChI is InChI=1S/C62H34N6S/c1-64-57-59(68-53-32-16-8-24-43(53)44-34-35-55-56(58(44)68)45-25-9-17-33-54(45)69-55)46(36-63)60(65-47-26-10-2-18-37(47)38-19-3-11-27-48(38)65)62(67-51-30-14-6-22-41(51)42-23-7-15-31-52(42)67)61(57)66-49-28-12-4-20-39(49)40-21-5-13-29-50(40)66/h2-35H. The Labute approximate surface area is 398 Å². The van der Waals surface area contributed by atoms with Crippen molar-refractivity contribution in [2.24, 2.45) is 0 Å². The van der Waals surface area contributed by atoms with Gasteiger partial charge < -0.3 is 18.3 Å². The Hall–Kier alpha value is -9.40. The molecule has 6 nitrogen and oxygen atoms in total. The van der Waals surface area contributed by atoms with Crippen molar-refractivity contribution >= 4 is 124 Å². The Balaban J connectivity index is 1.30. The number of hydrogen-bond donors (Lipinski definition) is 0. The molecule has 0 aliphatic rings. The van der Waals surface area contributed by atoms with E-state index in [9.17, 15) is 11.8 Å². The molecule has 0 fully saturated rings. The van der Waals surface area contributed by atoms with Crippen LogP contribution in [0.4, 0.5) is 5.69 Å². The number of fused-ring (bicyclic) bond motifs is 16. The van der Waals surface area contributed by atoms with E-state index in [1.165, 1.54) is 4.70 Å². The summed E-state index contributed by atoms with van der Waals surface area (Å²) in [6.45, 7) is 9.73. The van der Waals surface area contributed by atoms with E-state index in [2.05, 4.69) is 231 Å². The van der Waals surface area contributed by atoms with Crippen LogP contribution < -0.4 is 0 Å². The highest BCUT2D eigenvalue weighted by Crippen LogP contribution is 2.53. The molecule has 15 rings (SSSR count). The second-order valence-electron chi connectivity index (χ2n) is 17.7. The first kappa shape index (κ1) is 37.8. The zero-order valence-corrected chi connectivity index (χ0v) is 37.5. The molecule has 318 valence electrons. The van der Waals surface area contributed by atoms with Crippen LogP contribution in [0.1, 0.15) is 5.56 Å². The van der Waals surface area contributed by atoms with E-state index in [1.807, 2.05) is 0 Å². The molecule has 0 unspecified atom stereocenters. The van der Waals surface area contributed by atoms with Gasteiger partial charge in [-0.05, 0) is 54.6 Å². The first-order valence-electron chi connectivity index (χ1n) is 23.0. The Morgan fingerprint density at radius 2 is 0.710 bits per heavy atom. The predicted octanol–water partition coefficient (Wildman–Crippen LogP) is 16.9. The lowest BCUT2D eigenvalue weighted by Gasteiger charge is -2.27. The molecule has 7 heteroatoms. The molecular weight excluding hydrogens is 861 g/mol. The highest BCUT2D eigenvalue weighted by molar-refractivity contribution is 7.26. The summed E-state index contributed by atoms with van der Waals surface area (Å²) in [7, 11) is 0. The van der Waals surface area contributed by atoms with Crippen LogP contribution in [-0.2, 0) is 0 Å². The van der Waals surface area contributed by atoms with Gasteiger partial charge >= 0.3 is 0 Å². The van der Waals surface area contributed by atoms with Gasteiger partial charge in [0.2, 0.25) is 5.69 Å². The molecule has 5 heterocycles. The third-order valence-electron chi connectivity index (χ3n) is 14.4. The number of hydrogen-bond acceptors (Lipinski definition) is 2. The van der Waals surface area contributed by atoms with Crippen LogP contribution in [-0.4, -0.2) is 18.3 Å². The lowest BCUT2D eigenvalue weighted by molar-refractivity contribution is 1.03. The summed E-state index contributed by atoms with van der Waals surface area (Å²) in [5.41, 5.74) is 11.1. The van der Waals surface area contributed by atoms with Crippen molar-refractivity contribution in [1.29, 1.82) is 5.26 Å². The quantitative estimate of drug-likeness (QED) is 0.162. The lowest BCUT2D eigenvalue weighted by atomic mass is 10.0. The second kappa shape index (κ2) is 14.1. The van der Waals surface area contributed by atoms with E-state index in [0.717, 1.165) is 108 Å².